The van der Waals surface area contributed by atoms with Crippen molar-refractivity contribution in [2.45, 2.75) is 87.6 Å². The van der Waals surface area contributed by atoms with Gasteiger partial charge in [-0.15, -0.1) is 0 Å². The van der Waals surface area contributed by atoms with Gasteiger partial charge in [-0.3, -0.25) is 19.2 Å². The molecule has 4 N–H and O–H groups in total. The molecular formula is C56H58N6O4S2. The molecule has 0 radical (unpaired) electrons. The highest BCUT2D eigenvalue weighted by Crippen LogP contribution is 2.54. The van der Waals surface area contributed by atoms with Gasteiger partial charge in [-0.25, -0.2) is 0 Å². The predicted octanol–water partition coefficient (Wildman–Crippen LogP) is 10.8. The Labute approximate surface area is 406 Å². The van der Waals surface area contributed by atoms with E-state index in [1.165, 1.54) is 22.3 Å². The summed E-state index contributed by atoms with van der Waals surface area (Å²) in [6, 6.07) is 40.2. The number of anilines is 2. The van der Waals surface area contributed by atoms with E-state index in [1.807, 2.05) is 60.7 Å². The van der Waals surface area contributed by atoms with Crippen LogP contribution in [0.25, 0.3) is 0 Å². The summed E-state index contributed by atoms with van der Waals surface area (Å²) < 4.78 is 0. The van der Waals surface area contributed by atoms with E-state index in [4.69, 9.17) is 0 Å². The van der Waals surface area contributed by atoms with E-state index < -0.39 is 0 Å². The number of hydrogen-bond acceptors (Lipinski definition) is 8. The van der Waals surface area contributed by atoms with Crippen molar-refractivity contribution in [1.29, 1.82) is 0 Å². The monoisotopic (exact) mass is 942 g/mol. The molecule has 6 aliphatic rings. The normalized spacial score (nSPS) is 27.5. The molecule has 2 saturated carbocycles. The second kappa shape index (κ2) is 19.4. The van der Waals surface area contributed by atoms with Crippen LogP contribution >= 0.6 is 22.7 Å². The van der Waals surface area contributed by atoms with Crippen LogP contribution in [0.3, 0.4) is 0 Å². The van der Waals surface area contributed by atoms with E-state index in [9.17, 15) is 19.2 Å². The minimum atomic E-state index is -0.159. The Morgan fingerprint density at radius 3 is 1.31 bits per heavy atom. The SMILES string of the molecule is O=C(N[C@@H]1CCC[C@@H]1C(=O)N1CC[C@@H]2[C@H](c3ccsc3)Nc3ccccc3[C@@H]21)c1ccccc1.O=C(N[C@@H]1CCC[C@@H]1C(=O)N1CC[C@H]2[C@@H](c3ccsc3)Nc3ccccc3[C@H]21)c1ccccc1. The molecule has 4 fully saturated rings. The topological polar surface area (TPSA) is 123 Å². The van der Waals surface area contributed by atoms with Crippen molar-refractivity contribution < 1.29 is 19.2 Å². The number of amides is 4. The maximum Gasteiger partial charge on any atom is 0.251 e. The van der Waals surface area contributed by atoms with Gasteiger partial charge in [0.25, 0.3) is 11.8 Å². The van der Waals surface area contributed by atoms with Gasteiger partial charge in [0.05, 0.1) is 36.0 Å². The van der Waals surface area contributed by atoms with Crippen molar-refractivity contribution in [3.63, 3.8) is 0 Å². The van der Waals surface area contributed by atoms with Crippen molar-refractivity contribution in [1.82, 2.24) is 20.4 Å². The van der Waals surface area contributed by atoms with E-state index >= 15 is 0 Å². The quantitative estimate of drug-likeness (QED) is 0.121. The summed E-state index contributed by atoms with van der Waals surface area (Å²) >= 11 is 3.44. The highest BCUT2D eigenvalue weighted by molar-refractivity contribution is 7.08. The molecule has 0 unspecified atom stereocenters. The van der Waals surface area contributed by atoms with E-state index in [2.05, 4.69) is 113 Å². The summed E-state index contributed by atoms with van der Waals surface area (Å²) in [5, 5.41) is 22.6. The largest absolute Gasteiger partial charge is 0.378 e. The van der Waals surface area contributed by atoms with Crippen molar-refractivity contribution >= 4 is 57.7 Å². The van der Waals surface area contributed by atoms with E-state index in [0.717, 1.165) is 75.8 Å². The Morgan fingerprint density at radius 1 is 0.485 bits per heavy atom. The molecule has 12 rings (SSSR count). The first-order chi connectivity index (χ1) is 33.4. The third-order valence-corrected chi connectivity index (χ3v) is 17.1. The van der Waals surface area contributed by atoms with Gasteiger partial charge >= 0.3 is 0 Å². The Morgan fingerprint density at radius 2 is 0.897 bits per heavy atom. The number of para-hydroxylation sites is 2. The Balaban J connectivity index is 0.000000149. The molecule has 0 spiro atoms. The molecule has 12 heteroatoms. The second-order valence-electron chi connectivity index (χ2n) is 19.4. The molecule has 4 amide bonds. The van der Waals surface area contributed by atoms with Gasteiger partial charge in [0.2, 0.25) is 11.8 Å². The number of nitrogens with zero attached hydrogens (tertiary/aromatic N) is 2. The Bertz CT molecular complexity index is 2550. The average molecular weight is 943 g/mol. The molecule has 2 aliphatic carbocycles. The Hall–Kier alpha value is -6.24. The molecule has 68 heavy (non-hydrogen) atoms. The maximum atomic E-state index is 14.0. The number of fused-ring (bicyclic) bond motifs is 6. The first-order valence-corrected chi connectivity index (χ1v) is 26.4. The van der Waals surface area contributed by atoms with Crippen molar-refractivity contribution in [3.05, 3.63) is 176 Å². The van der Waals surface area contributed by atoms with Crippen molar-refractivity contribution in [2.75, 3.05) is 23.7 Å². The molecular weight excluding hydrogens is 885 g/mol. The van der Waals surface area contributed by atoms with Gasteiger partial charge < -0.3 is 31.1 Å². The van der Waals surface area contributed by atoms with Crippen LogP contribution in [0.4, 0.5) is 11.4 Å². The fourth-order valence-electron chi connectivity index (χ4n) is 12.5. The molecule has 4 aliphatic heterocycles. The highest BCUT2D eigenvalue weighted by atomic mass is 32.1. The van der Waals surface area contributed by atoms with Gasteiger partial charge in [0, 0.05) is 59.5 Å². The van der Waals surface area contributed by atoms with Crippen LogP contribution in [0.5, 0.6) is 0 Å². The first kappa shape index (κ1) is 44.3. The third-order valence-electron chi connectivity index (χ3n) is 15.7. The smallest absolute Gasteiger partial charge is 0.251 e. The molecule has 0 bridgehead atoms. The fraction of sp³-hybridized carbons (Fsp3) is 0.357. The zero-order valence-corrected chi connectivity index (χ0v) is 39.7. The van der Waals surface area contributed by atoms with Crippen LogP contribution in [0.15, 0.2) is 143 Å². The van der Waals surface area contributed by atoms with E-state index in [-0.39, 0.29) is 71.7 Å². The number of thiophene rings is 2. The molecule has 6 aromatic rings. The first-order valence-electron chi connectivity index (χ1n) is 24.5. The number of hydrogen-bond donors (Lipinski definition) is 4. The van der Waals surface area contributed by atoms with E-state index in [1.54, 1.807) is 22.7 Å². The van der Waals surface area contributed by atoms with Crippen molar-refractivity contribution in [2.24, 2.45) is 23.7 Å². The van der Waals surface area contributed by atoms with Gasteiger partial charge in [-0.2, -0.15) is 22.7 Å². The van der Waals surface area contributed by atoms with Crippen LogP contribution in [-0.4, -0.2) is 58.6 Å². The molecule has 6 heterocycles. The number of likely N-dealkylation sites (tertiary alicyclic amines) is 2. The second-order valence-corrected chi connectivity index (χ2v) is 20.9. The summed E-state index contributed by atoms with van der Waals surface area (Å²) in [5.41, 5.74) is 8.58. The zero-order chi connectivity index (χ0) is 46.1. The van der Waals surface area contributed by atoms with Crippen LogP contribution in [0, 0.1) is 23.7 Å². The fourth-order valence-corrected chi connectivity index (χ4v) is 13.9. The standard InChI is InChI=1S/2C28H29N3O2S/c2*32-27(18-7-2-1-3-8-18)30-24-12-6-10-21(24)28(33)31-15-13-22-25(19-14-16-34-17-19)29-23-11-5-4-9-20(23)26(22)31/h2*1-5,7-9,11,14,16-17,21-22,24-26,29H,6,10,12-13,15H2,(H,30,32)/t21-,22+,24+,25-,26-;21-,22-,24+,25+,26+/m00/s1. The molecule has 348 valence electrons. The lowest BCUT2D eigenvalue weighted by Gasteiger charge is -2.40. The van der Waals surface area contributed by atoms with Crippen LogP contribution < -0.4 is 21.3 Å². The zero-order valence-electron chi connectivity index (χ0n) is 38.0. The number of benzene rings is 4. The lowest BCUT2D eigenvalue weighted by Crippen LogP contribution is -2.46. The highest BCUT2D eigenvalue weighted by Gasteiger charge is 2.50. The molecule has 10 nitrogen and oxygen atoms in total. The molecule has 2 saturated heterocycles. The number of carbonyl (C=O) groups excluding carboxylic acids is 4. The van der Waals surface area contributed by atoms with Gasteiger partial charge in [-0.05, 0) is 131 Å². The van der Waals surface area contributed by atoms with Gasteiger partial charge in [-0.1, -0.05) is 85.6 Å². The molecule has 10 atom stereocenters. The predicted molar refractivity (Wildman–Crippen MR) is 269 cm³/mol. The number of rotatable bonds is 8. The Kier molecular flexibility index (Phi) is 12.6. The molecule has 2 aromatic heterocycles. The van der Waals surface area contributed by atoms with Crippen LogP contribution in [0.1, 0.15) is 119 Å². The summed E-state index contributed by atoms with van der Waals surface area (Å²) in [7, 11) is 0. The lowest BCUT2D eigenvalue weighted by atomic mass is 9.80. The summed E-state index contributed by atoms with van der Waals surface area (Å²) in [4.78, 5) is 57.9. The number of nitrogens with one attached hydrogen (secondary N) is 4. The van der Waals surface area contributed by atoms with Crippen LogP contribution in [-0.2, 0) is 9.59 Å². The number of carbonyl (C=O) groups is 4. The maximum absolute atomic E-state index is 14.0. The summed E-state index contributed by atoms with van der Waals surface area (Å²) in [6.45, 7) is 1.53. The van der Waals surface area contributed by atoms with Gasteiger partial charge in [0.15, 0.2) is 0 Å². The van der Waals surface area contributed by atoms with E-state index in [0.29, 0.717) is 23.0 Å². The van der Waals surface area contributed by atoms with Crippen molar-refractivity contribution in [3.8, 4) is 0 Å². The minimum Gasteiger partial charge on any atom is -0.378 e. The minimum absolute atomic E-state index is 0.0703. The summed E-state index contributed by atoms with van der Waals surface area (Å²) in [5.74, 6) is 0.581. The third kappa shape index (κ3) is 8.50. The average Bonchev–Trinajstić information content (AvgIpc) is 4.25. The summed E-state index contributed by atoms with van der Waals surface area (Å²) in [6.07, 6.45) is 7.26. The van der Waals surface area contributed by atoms with Crippen LogP contribution in [0.2, 0.25) is 0 Å². The van der Waals surface area contributed by atoms with Gasteiger partial charge in [0.1, 0.15) is 0 Å². The lowest BCUT2D eigenvalue weighted by molar-refractivity contribution is -0.138. The molecule has 4 aromatic carbocycles.